The van der Waals surface area contributed by atoms with E-state index in [9.17, 15) is 9.59 Å². The lowest BCUT2D eigenvalue weighted by molar-refractivity contribution is -0.113. The quantitative estimate of drug-likeness (QED) is 0.604. The standard InChI is InChI=1S/C20H19ClN2O4S/c1-26-18-9-19(27-2)16(8-14(18)21)23-20(25)11-28-10-12-7-17(24)13-5-3-4-6-15(13)22-12/h3-9H,10-11H2,1-2H3,(H,22,24)(H,23,25). The van der Waals surface area contributed by atoms with Gasteiger partial charge in [0.05, 0.1) is 30.7 Å². The average Bonchev–Trinajstić information content (AvgIpc) is 2.68. The molecule has 0 aliphatic rings. The van der Waals surface area contributed by atoms with E-state index in [1.54, 1.807) is 24.3 Å². The summed E-state index contributed by atoms with van der Waals surface area (Å²) in [6.07, 6.45) is 0. The Labute approximate surface area is 171 Å². The van der Waals surface area contributed by atoms with E-state index in [1.807, 2.05) is 18.2 Å². The Hall–Kier alpha value is -2.64. The van der Waals surface area contributed by atoms with Crippen molar-refractivity contribution in [3.63, 3.8) is 0 Å². The van der Waals surface area contributed by atoms with E-state index < -0.39 is 0 Å². The van der Waals surface area contributed by atoms with Gasteiger partial charge in [0.15, 0.2) is 5.43 Å². The van der Waals surface area contributed by atoms with Gasteiger partial charge in [0.1, 0.15) is 11.5 Å². The number of hydrogen-bond acceptors (Lipinski definition) is 5. The maximum Gasteiger partial charge on any atom is 0.234 e. The van der Waals surface area contributed by atoms with Crippen molar-refractivity contribution >= 4 is 45.9 Å². The van der Waals surface area contributed by atoms with Crippen molar-refractivity contribution in [1.82, 2.24) is 4.98 Å². The number of amides is 1. The zero-order chi connectivity index (χ0) is 20.1. The normalized spacial score (nSPS) is 10.7. The van der Waals surface area contributed by atoms with Crippen LogP contribution in [0.4, 0.5) is 5.69 Å². The van der Waals surface area contributed by atoms with Crippen molar-refractivity contribution in [1.29, 1.82) is 0 Å². The zero-order valence-corrected chi connectivity index (χ0v) is 16.9. The van der Waals surface area contributed by atoms with E-state index in [0.29, 0.717) is 33.3 Å². The lowest BCUT2D eigenvalue weighted by atomic mass is 10.2. The summed E-state index contributed by atoms with van der Waals surface area (Å²) in [4.78, 5) is 27.7. The first-order valence-electron chi connectivity index (χ1n) is 8.42. The molecule has 6 nitrogen and oxygen atoms in total. The number of anilines is 1. The molecule has 2 N–H and O–H groups in total. The van der Waals surface area contributed by atoms with Crippen LogP contribution in [0.5, 0.6) is 11.5 Å². The Morgan fingerprint density at radius 3 is 2.64 bits per heavy atom. The number of halogens is 1. The van der Waals surface area contributed by atoms with Gasteiger partial charge in [-0.2, -0.15) is 0 Å². The van der Waals surface area contributed by atoms with E-state index in [0.717, 1.165) is 11.2 Å². The van der Waals surface area contributed by atoms with E-state index in [2.05, 4.69) is 10.3 Å². The Balaban J connectivity index is 1.62. The molecule has 3 aromatic rings. The van der Waals surface area contributed by atoms with Crippen molar-refractivity contribution in [3.8, 4) is 11.5 Å². The summed E-state index contributed by atoms with van der Waals surface area (Å²) in [6, 6.07) is 12.1. The van der Waals surface area contributed by atoms with Gasteiger partial charge < -0.3 is 19.8 Å². The molecule has 0 spiro atoms. The van der Waals surface area contributed by atoms with Gasteiger partial charge in [-0.05, 0) is 18.2 Å². The Morgan fingerprint density at radius 2 is 1.89 bits per heavy atom. The molecule has 1 heterocycles. The fourth-order valence-electron chi connectivity index (χ4n) is 2.73. The fourth-order valence-corrected chi connectivity index (χ4v) is 3.70. The molecular formula is C20H19ClN2O4S. The summed E-state index contributed by atoms with van der Waals surface area (Å²) < 4.78 is 10.4. The maximum atomic E-state index is 12.3. The number of rotatable bonds is 7. The second-order valence-corrected chi connectivity index (χ2v) is 7.33. The molecule has 0 radical (unpaired) electrons. The van der Waals surface area contributed by atoms with Crippen LogP contribution >= 0.6 is 23.4 Å². The van der Waals surface area contributed by atoms with E-state index in [4.69, 9.17) is 21.1 Å². The molecule has 0 atom stereocenters. The number of aromatic amines is 1. The first-order valence-corrected chi connectivity index (χ1v) is 9.95. The first-order chi connectivity index (χ1) is 13.5. The highest BCUT2D eigenvalue weighted by atomic mass is 35.5. The minimum atomic E-state index is -0.201. The summed E-state index contributed by atoms with van der Waals surface area (Å²) in [5, 5.41) is 3.81. The molecule has 0 aliphatic heterocycles. The summed E-state index contributed by atoms with van der Waals surface area (Å²) in [5.74, 6) is 1.44. The van der Waals surface area contributed by atoms with Gasteiger partial charge in [-0.15, -0.1) is 11.8 Å². The number of hydrogen-bond donors (Lipinski definition) is 2. The molecule has 8 heteroatoms. The van der Waals surface area contributed by atoms with Crippen LogP contribution in [0.15, 0.2) is 47.3 Å². The number of pyridine rings is 1. The number of thioether (sulfide) groups is 1. The summed E-state index contributed by atoms with van der Waals surface area (Å²) in [5.41, 5.74) is 1.99. The van der Waals surface area contributed by atoms with Crippen LogP contribution < -0.4 is 20.2 Å². The van der Waals surface area contributed by atoms with E-state index in [-0.39, 0.29) is 17.1 Å². The number of carbonyl (C=O) groups is 1. The number of carbonyl (C=O) groups excluding carboxylic acids is 1. The second kappa shape index (κ2) is 9.03. The third kappa shape index (κ3) is 4.61. The number of benzene rings is 2. The average molecular weight is 419 g/mol. The monoisotopic (exact) mass is 418 g/mol. The number of para-hydroxylation sites is 1. The SMILES string of the molecule is COc1cc(OC)c(NC(=O)CSCc2cc(=O)c3ccccc3[nH]2)cc1Cl. The molecule has 2 aromatic carbocycles. The number of methoxy groups -OCH3 is 2. The van der Waals surface area contributed by atoms with Crippen LogP contribution in [0.3, 0.4) is 0 Å². The Morgan fingerprint density at radius 1 is 1.14 bits per heavy atom. The van der Waals surface area contributed by atoms with Crippen molar-refractivity contribution in [2.45, 2.75) is 5.75 Å². The van der Waals surface area contributed by atoms with Crippen LogP contribution in [0.25, 0.3) is 10.9 Å². The summed E-state index contributed by atoms with van der Waals surface area (Å²) >= 11 is 7.51. The van der Waals surface area contributed by atoms with Crippen LogP contribution in [0.2, 0.25) is 5.02 Å². The molecule has 1 amide bonds. The summed E-state index contributed by atoms with van der Waals surface area (Å²) in [6.45, 7) is 0. The van der Waals surface area contributed by atoms with Crippen molar-refractivity contribution in [2.75, 3.05) is 25.3 Å². The predicted octanol–water partition coefficient (Wildman–Crippen LogP) is 4.07. The molecule has 3 rings (SSSR count). The molecular weight excluding hydrogens is 400 g/mol. The number of fused-ring (bicyclic) bond motifs is 1. The highest BCUT2D eigenvalue weighted by molar-refractivity contribution is 7.99. The molecule has 0 aliphatic carbocycles. The molecule has 0 saturated carbocycles. The Kier molecular flexibility index (Phi) is 6.49. The van der Waals surface area contributed by atoms with E-state index >= 15 is 0 Å². The first kappa shape index (κ1) is 20.1. The van der Waals surface area contributed by atoms with Crippen LogP contribution in [0.1, 0.15) is 5.69 Å². The van der Waals surface area contributed by atoms with Gasteiger partial charge in [0.25, 0.3) is 0 Å². The van der Waals surface area contributed by atoms with Gasteiger partial charge in [-0.25, -0.2) is 0 Å². The molecule has 28 heavy (non-hydrogen) atoms. The fraction of sp³-hybridized carbons (Fsp3) is 0.200. The smallest absolute Gasteiger partial charge is 0.234 e. The topological polar surface area (TPSA) is 80.4 Å². The predicted molar refractivity (Wildman–Crippen MR) is 114 cm³/mol. The maximum absolute atomic E-state index is 12.3. The minimum Gasteiger partial charge on any atom is -0.495 e. The van der Waals surface area contributed by atoms with Crippen LogP contribution in [-0.4, -0.2) is 30.9 Å². The molecule has 0 bridgehead atoms. The van der Waals surface area contributed by atoms with E-state index in [1.165, 1.54) is 26.0 Å². The van der Waals surface area contributed by atoms with Crippen molar-refractivity contribution in [3.05, 3.63) is 63.4 Å². The Bertz CT molecular complexity index is 1070. The number of aromatic nitrogens is 1. The zero-order valence-electron chi connectivity index (χ0n) is 15.4. The van der Waals surface area contributed by atoms with Gasteiger partial charge in [0, 0.05) is 34.5 Å². The molecule has 0 saturated heterocycles. The van der Waals surface area contributed by atoms with Crippen molar-refractivity contribution < 1.29 is 14.3 Å². The highest BCUT2D eigenvalue weighted by Crippen LogP contribution is 2.35. The third-order valence-corrected chi connectivity index (χ3v) is 5.31. The van der Waals surface area contributed by atoms with Gasteiger partial charge in [0.2, 0.25) is 5.91 Å². The van der Waals surface area contributed by atoms with Gasteiger partial charge >= 0.3 is 0 Å². The number of ether oxygens (including phenoxy) is 2. The minimum absolute atomic E-state index is 0.0352. The molecule has 1 aromatic heterocycles. The van der Waals surface area contributed by atoms with Gasteiger partial charge in [-0.1, -0.05) is 23.7 Å². The number of nitrogens with one attached hydrogen (secondary N) is 2. The largest absolute Gasteiger partial charge is 0.495 e. The molecule has 146 valence electrons. The lowest BCUT2D eigenvalue weighted by Gasteiger charge is -2.13. The summed E-state index contributed by atoms with van der Waals surface area (Å²) in [7, 11) is 3.01. The highest BCUT2D eigenvalue weighted by Gasteiger charge is 2.13. The molecule has 0 fully saturated rings. The molecule has 0 unspecified atom stereocenters. The second-order valence-electron chi connectivity index (χ2n) is 5.93. The lowest BCUT2D eigenvalue weighted by Crippen LogP contribution is -2.15. The van der Waals surface area contributed by atoms with Gasteiger partial charge in [-0.3, -0.25) is 9.59 Å². The number of H-pyrrole nitrogens is 1. The van der Waals surface area contributed by atoms with Crippen LogP contribution in [-0.2, 0) is 10.5 Å². The van der Waals surface area contributed by atoms with Crippen molar-refractivity contribution in [2.24, 2.45) is 0 Å². The third-order valence-electron chi connectivity index (χ3n) is 4.03. The van der Waals surface area contributed by atoms with Crippen LogP contribution in [0, 0.1) is 0 Å².